The predicted octanol–water partition coefficient (Wildman–Crippen LogP) is 1.75. The van der Waals surface area contributed by atoms with E-state index in [2.05, 4.69) is 5.32 Å². The minimum absolute atomic E-state index is 0.0488. The van der Waals surface area contributed by atoms with Crippen LogP contribution in [0.5, 0.6) is 0 Å². The molecule has 1 aliphatic heterocycles. The van der Waals surface area contributed by atoms with Crippen molar-refractivity contribution in [1.29, 1.82) is 0 Å². The molecule has 1 aliphatic carbocycles. The molecule has 21 heavy (non-hydrogen) atoms. The molecule has 2 amide bonds. The van der Waals surface area contributed by atoms with Crippen molar-refractivity contribution in [3.8, 4) is 0 Å². The zero-order chi connectivity index (χ0) is 15.1. The highest BCUT2D eigenvalue weighted by molar-refractivity contribution is 5.82. The second kappa shape index (κ2) is 7.78. The highest BCUT2D eigenvalue weighted by Crippen LogP contribution is 2.30. The van der Waals surface area contributed by atoms with Crippen LogP contribution in [0.2, 0.25) is 0 Å². The fraction of sp³-hybridized carbons (Fsp3) is 0.875. The van der Waals surface area contributed by atoms with E-state index in [-0.39, 0.29) is 11.8 Å². The number of carbonyl (C=O) groups excluding carboxylic acids is 2. The number of hydrogen-bond acceptors (Lipinski definition) is 3. The maximum absolute atomic E-state index is 12.0. The number of rotatable bonds is 6. The molecule has 1 saturated carbocycles. The van der Waals surface area contributed by atoms with Gasteiger partial charge in [0, 0.05) is 26.2 Å². The Morgan fingerprint density at radius 2 is 1.81 bits per heavy atom. The molecular weight excluding hydrogens is 268 g/mol. The predicted molar refractivity (Wildman–Crippen MR) is 80.5 cm³/mol. The second-order valence-corrected chi connectivity index (χ2v) is 6.58. The molecule has 2 aliphatic rings. The van der Waals surface area contributed by atoms with Crippen molar-refractivity contribution in [1.82, 2.24) is 5.32 Å². The van der Waals surface area contributed by atoms with Gasteiger partial charge in [-0.1, -0.05) is 32.1 Å². The molecule has 5 nitrogen and oxygen atoms in total. The lowest BCUT2D eigenvalue weighted by Crippen LogP contribution is -2.49. The third-order valence-electron chi connectivity index (χ3n) is 5.10. The quantitative estimate of drug-likeness (QED) is 0.783. The highest BCUT2D eigenvalue weighted by atomic mass is 16.5. The van der Waals surface area contributed by atoms with E-state index in [1.807, 2.05) is 0 Å². The van der Waals surface area contributed by atoms with Crippen LogP contribution >= 0.6 is 0 Å². The van der Waals surface area contributed by atoms with Gasteiger partial charge >= 0.3 is 0 Å². The molecule has 0 bridgehead atoms. The number of primary amides is 1. The standard InChI is InChI=1S/C16H28N2O3/c17-15(20)16(8-10-21-11-9-16)12-18-14(19)7-6-13-4-2-1-3-5-13/h13H,1-12H2,(H2,17,20)(H,18,19). The van der Waals surface area contributed by atoms with E-state index in [1.54, 1.807) is 0 Å². The molecule has 0 atom stereocenters. The fourth-order valence-corrected chi connectivity index (χ4v) is 3.44. The average Bonchev–Trinajstić information content (AvgIpc) is 2.52. The molecule has 2 fully saturated rings. The SMILES string of the molecule is NC(=O)C1(CNC(=O)CCC2CCCCC2)CCOCC1. The van der Waals surface area contributed by atoms with Crippen LogP contribution in [0.3, 0.4) is 0 Å². The third-order valence-corrected chi connectivity index (χ3v) is 5.10. The summed E-state index contributed by atoms with van der Waals surface area (Å²) < 4.78 is 5.29. The maximum atomic E-state index is 12.0. The first kappa shape index (κ1) is 16.3. The number of ether oxygens (including phenoxy) is 1. The van der Waals surface area contributed by atoms with Crippen molar-refractivity contribution in [2.75, 3.05) is 19.8 Å². The minimum atomic E-state index is -0.612. The van der Waals surface area contributed by atoms with Gasteiger partial charge in [-0.05, 0) is 25.2 Å². The Morgan fingerprint density at radius 3 is 2.43 bits per heavy atom. The van der Waals surface area contributed by atoms with Crippen LogP contribution in [-0.2, 0) is 14.3 Å². The molecule has 3 N–H and O–H groups in total. The first-order chi connectivity index (χ1) is 10.1. The molecule has 2 rings (SSSR count). The van der Waals surface area contributed by atoms with Gasteiger partial charge in [-0.3, -0.25) is 9.59 Å². The Morgan fingerprint density at radius 1 is 1.14 bits per heavy atom. The summed E-state index contributed by atoms with van der Waals surface area (Å²) in [5.74, 6) is 0.434. The number of hydrogen-bond donors (Lipinski definition) is 2. The summed E-state index contributed by atoms with van der Waals surface area (Å²) in [4.78, 5) is 23.7. The Bertz CT molecular complexity index is 359. The maximum Gasteiger partial charge on any atom is 0.225 e. The molecule has 0 unspecified atom stereocenters. The first-order valence-electron chi connectivity index (χ1n) is 8.27. The molecule has 0 radical (unpaired) electrons. The Hall–Kier alpha value is -1.10. The molecule has 0 aromatic rings. The smallest absolute Gasteiger partial charge is 0.225 e. The molecule has 120 valence electrons. The van der Waals surface area contributed by atoms with Gasteiger partial charge in [-0.2, -0.15) is 0 Å². The second-order valence-electron chi connectivity index (χ2n) is 6.58. The minimum Gasteiger partial charge on any atom is -0.381 e. The summed E-state index contributed by atoms with van der Waals surface area (Å²) in [7, 11) is 0. The first-order valence-corrected chi connectivity index (χ1v) is 8.27. The van der Waals surface area contributed by atoms with Crippen LogP contribution in [0.1, 0.15) is 57.8 Å². The number of nitrogens with two attached hydrogens (primary N) is 1. The summed E-state index contributed by atoms with van der Waals surface area (Å²) in [5, 5.41) is 2.92. The van der Waals surface area contributed by atoms with Crippen molar-refractivity contribution < 1.29 is 14.3 Å². The van der Waals surface area contributed by atoms with Crippen molar-refractivity contribution in [2.45, 2.75) is 57.8 Å². The zero-order valence-corrected chi connectivity index (χ0v) is 12.9. The monoisotopic (exact) mass is 296 g/mol. The van der Waals surface area contributed by atoms with Crippen LogP contribution in [0.25, 0.3) is 0 Å². The molecule has 1 heterocycles. The normalized spacial score (nSPS) is 22.7. The van der Waals surface area contributed by atoms with Crippen molar-refractivity contribution in [2.24, 2.45) is 17.1 Å². The van der Waals surface area contributed by atoms with Gasteiger partial charge in [0.05, 0.1) is 5.41 Å². The summed E-state index contributed by atoms with van der Waals surface area (Å²) in [6.45, 7) is 1.44. The van der Waals surface area contributed by atoms with Gasteiger partial charge in [0.25, 0.3) is 0 Å². The molecule has 0 aromatic carbocycles. The lowest BCUT2D eigenvalue weighted by Gasteiger charge is -2.34. The summed E-state index contributed by atoms with van der Waals surface area (Å²) in [6.07, 6.45) is 9.21. The molecule has 1 saturated heterocycles. The van der Waals surface area contributed by atoms with Crippen LogP contribution in [0, 0.1) is 11.3 Å². The van der Waals surface area contributed by atoms with E-state index >= 15 is 0 Å². The highest BCUT2D eigenvalue weighted by Gasteiger charge is 2.38. The van der Waals surface area contributed by atoms with Crippen LogP contribution < -0.4 is 11.1 Å². The Kier molecular flexibility index (Phi) is 6.03. The Labute approximate surface area is 127 Å². The van der Waals surface area contributed by atoms with E-state index < -0.39 is 5.41 Å². The van der Waals surface area contributed by atoms with Crippen molar-refractivity contribution in [3.05, 3.63) is 0 Å². The van der Waals surface area contributed by atoms with E-state index in [0.29, 0.717) is 44.9 Å². The lowest BCUT2D eigenvalue weighted by atomic mass is 9.79. The average molecular weight is 296 g/mol. The Balaban J connectivity index is 1.72. The largest absolute Gasteiger partial charge is 0.381 e. The van der Waals surface area contributed by atoms with Crippen LogP contribution in [0.4, 0.5) is 0 Å². The number of amides is 2. The van der Waals surface area contributed by atoms with Gasteiger partial charge in [0.2, 0.25) is 11.8 Å². The summed E-state index contributed by atoms with van der Waals surface area (Å²) >= 11 is 0. The molecule has 0 aromatic heterocycles. The van der Waals surface area contributed by atoms with Gasteiger partial charge in [0.15, 0.2) is 0 Å². The van der Waals surface area contributed by atoms with E-state index in [1.165, 1.54) is 32.1 Å². The van der Waals surface area contributed by atoms with Crippen molar-refractivity contribution in [3.63, 3.8) is 0 Å². The van der Waals surface area contributed by atoms with Gasteiger partial charge in [-0.15, -0.1) is 0 Å². The van der Waals surface area contributed by atoms with Gasteiger partial charge < -0.3 is 15.8 Å². The molecular formula is C16H28N2O3. The van der Waals surface area contributed by atoms with Crippen LogP contribution in [-0.4, -0.2) is 31.6 Å². The fourth-order valence-electron chi connectivity index (χ4n) is 3.44. The molecule has 0 spiro atoms. The lowest BCUT2D eigenvalue weighted by molar-refractivity contribution is -0.134. The van der Waals surface area contributed by atoms with E-state index in [0.717, 1.165) is 6.42 Å². The van der Waals surface area contributed by atoms with Gasteiger partial charge in [0.1, 0.15) is 0 Å². The van der Waals surface area contributed by atoms with Crippen LogP contribution in [0.15, 0.2) is 0 Å². The number of nitrogens with one attached hydrogen (secondary N) is 1. The zero-order valence-electron chi connectivity index (χ0n) is 12.9. The van der Waals surface area contributed by atoms with Crippen molar-refractivity contribution >= 4 is 11.8 Å². The number of carbonyl (C=O) groups is 2. The van der Waals surface area contributed by atoms with E-state index in [9.17, 15) is 9.59 Å². The summed E-state index contributed by atoms with van der Waals surface area (Å²) in [5.41, 5.74) is 4.92. The van der Waals surface area contributed by atoms with Gasteiger partial charge in [-0.25, -0.2) is 0 Å². The van der Waals surface area contributed by atoms with E-state index in [4.69, 9.17) is 10.5 Å². The third kappa shape index (κ3) is 4.70. The summed E-state index contributed by atoms with van der Waals surface area (Å²) in [6, 6.07) is 0. The molecule has 5 heteroatoms. The topological polar surface area (TPSA) is 81.4 Å².